The summed E-state index contributed by atoms with van der Waals surface area (Å²) >= 11 is 0. The molecule has 2 aliphatic rings. The Balaban J connectivity index is 0.00000304. The monoisotopic (exact) mass is 511 g/mol. The van der Waals surface area contributed by atoms with Crippen LogP contribution in [0.25, 0.3) is 22.3 Å². The largest absolute Gasteiger partial charge is 0.396 e. The van der Waals surface area contributed by atoms with Gasteiger partial charge in [0.2, 0.25) is 5.91 Å². The van der Waals surface area contributed by atoms with Crippen LogP contribution in [0.2, 0.25) is 0 Å². The van der Waals surface area contributed by atoms with Crippen LogP contribution in [0.5, 0.6) is 0 Å². The minimum Gasteiger partial charge on any atom is -0.396 e. The van der Waals surface area contributed by atoms with Gasteiger partial charge in [-0.25, -0.2) is 9.97 Å². The molecule has 0 unspecified atom stereocenters. The predicted molar refractivity (Wildman–Crippen MR) is 145 cm³/mol. The lowest BCUT2D eigenvalue weighted by atomic mass is 10.1. The Labute approximate surface area is 217 Å². The SMILES string of the molecule is O=C(CCO)N1CCN(c2ccc(-c3cc4nccnc4c(NC[C@@H]4CNCCO4)n3)cc2)CC1.S. The molecule has 2 aromatic heterocycles. The Hall–Kier alpha value is -2.99. The van der Waals surface area contributed by atoms with Crippen LogP contribution in [-0.4, -0.2) is 96.0 Å². The van der Waals surface area contributed by atoms with Crippen molar-refractivity contribution in [2.24, 2.45) is 0 Å². The number of nitrogens with one attached hydrogen (secondary N) is 2. The average molecular weight is 512 g/mol. The first-order valence-electron chi connectivity index (χ1n) is 12.1. The maximum absolute atomic E-state index is 12.0. The van der Waals surface area contributed by atoms with Crippen molar-refractivity contribution in [1.82, 2.24) is 25.2 Å². The van der Waals surface area contributed by atoms with Gasteiger partial charge in [-0.15, -0.1) is 0 Å². The lowest BCUT2D eigenvalue weighted by molar-refractivity contribution is -0.132. The fourth-order valence-electron chi connectivity index (χ4n) is 4.52. The molecule has 2 saturated heterocycles. The Morgan fingerprint density at radius 3 is 2.64 bits per heavy atom. The van der Waals surface area contributed by atoms with E-state index in [1.807, 2.05) is 11.0 Å². The second kappa shape index (κ2) is 12.3. The van der Waals surface area contributed by atoms with Gasteiger partial charge in [-0.2, -0.15) is 13.5 Å². The first kappa shape index (κ1) is 26.1. The van der Waals surface area contributed by atoms with Gasteiger partial charge >= 0.3 is 0 Å². The van der Waals surface area contributed by atoms with Gasteiger partial charge in [-0.3, -0.25) is 9.78 Å². The van der Waals surface area contributed by atoms with Crippen LogP contribution in [0.4, 0.5) is 11.5 Å². The zero-order valence-corrected chi connectivity index (χ0v) is 21.2. The molecule has 11 heteroatoms. The number of ether oxygens (including phenoxy) is 1. The molecule has 0 radical (unpaired) electrons. The van der Waals surface area contributed by atoms with E-state index in [2.05, 4.69) is 49.8 Å². The van der Waals surface area contributed by atoms with Gasteiger partial charge in [-0.1, -0.05) is 12.1 Å². The highest BCUT2D eigenvalue weighted by Gasteiger charge is 2.21. The number of carbonyl (C=O) groups excluding carboxylic acids is 1. The minimum atomic E-state index is -0.0995. The fourth-order valence-corrected chi connectivity index (χ4v) is 4.52. The van der Waals surface area contributed by atoms with Crippen LogP contribution >= 0.6 is 13.5 Å². The number of benzene rings is 1. The van der Waals surface area contributed by atoms with E-state index in [-0.39, 0.29) is 38.5 Å². The summed E-state index contributed by atoms with van der Waals surface area (Å²) in [4.78, 5) is 30.0. The summed E-state index contributed by atoms with van der Waals surface area (Å²) in [7, 11) is 0. The molecule has 192 valence electrons. The molecular weight excluding hydrogens is 478 g/mol. The van der Waals surface area contributed by atoms with E-state index >= 15 is 0 Å². The third kappa shape index (κ3) is 6.04. The number of pyridine rings is 1. The van der Waals surface area contributed by atoms with Gasteiger partial charge in [0, 0.05) is 75.9 Å². The molecule has 3 N–H and O–H groups in total. The molecule has 0 aliphatic carbocycles. The molecule has 1 aromatic carbocycles. The van der Waals surface area contributed by atoms with E-state index in [9.17, 15) is 4.79 Å². The summed E-state index contributed by atoms with van der Waals surface area (Å²) in [6.07, 6.45) is 3.65. The highest BCUT2D eigenvalue weighted by molar-refractivity contribution is 7.59. The normalized spacial score (nSPS) is 18.1. The van der Waals surface area contributed by atoms with Crippen LogP contribution in [-0.2, 0) is 9.53 Å². The van der Waals surface area contributed by atoms with Crippen molar-refractivity contribution >= 4 is 41.9 Å². The Kier molecular flexibility index (Phi) is 8.92. The van der Waals surface area contributed by atoms with E-state index in [4.69, 9.17) is 14.8 Å². The molecule has 0 spiro atoms. The molecule has 4 heterocycles. The van der Waals surface area contributed by atoms with E-state index in [1.54, 1.807) is 12.4 Å². The third-order valence-electron chi connectivity index (χ3n) is 6.44. The number of amides is 1. The van der Waals surface area contributed by atoms with Crippen LogP contribution in [0.1, 0.15) is 6.42 Å². The Morgan fingerprint density at radius 1 is 1.14 bits per heavy atom. The number of morpholine rings is 1. The number of aromatic nitrogens is 3. The molecule has 10 nitrogen and oxygen atoms in total. The molecule has 2 aliphatic heterocycles. The number of hydrogen-bond acceptors (Lipinski definition) is 9. The molecular formula is C25H33N7O3S. The molecule has 5 rings (SSSR count). The second-order valence-electron chi connectivity index (χ2n) is 8.75. The van der Waals surface area contributed by atoms with E-state index in [0.717, 1.165) is 54.2 Å². The van der Waals surface area contributed by atoms with Crippen molar-refractivity contribution in [2.75, 3.05) is 69.2 Å². The van der Waals surface area contributed by atoms with Gasteiger partial charge in [0.05, 0.1) is 30.5 Å². The number of nitrogens with zero attached hydrogens (tertiary/aromatic N) is 5. The number of piperazine rings is 1. The van der Waals surface area contributed by atoms with Crippen molar-refractivity contribution in [3.05, 3.63) is 42.7 Å². The summed E-state index contributed by atoms with van der Waals surface area (Å²) in [6.45, 7) is 5.81. The maximum atomic E-state index is 12.0. The van der Waals surface area contributed by atoms with Crippen molar-refractivity contribution in [2.45, 2.75) is 12.5 Å². The van der Waals surface area contributed by atoms with E-state index < -0.39 is 0 Å². The van der Waals surface area contributed by atoms with Gasteiger partial charge in [0.1, 0.15) is 5.52 Å². The molecule has 0 saturated carbocycles. The summed E-state index contributed by atoms with van der Waals surface area (Å²) in [5.41, 5.74) is 4.47. The molecule has 1 atom stereocenters. The number of anilines is 2. The van der Waals surface area contributed by atoms with Gasteiger partial charge in [0.25, 0.3) is 0 Å². The third-order valence-corrected chi connectivity index (χ3v) is 6.44. The lowest BCUT2D eigenvalue weighted by Gasteiger charge is -2.36. The highest BCUT2D eigenvalue weighted by atomic mass is 32.1. The van der Waals surface area contributed by atoms with Crippen LogP contribution in [0.15, 0.2) is 42.7 Å². The van der Waals surface area contributed by atoms with Crippen molar-refractivity contribution in [3.63, 3.8) is 0 Å². The highest BCUT2D eigenvalue weighted by Crippen LogP contribution is 2.27. The first-order chi connectivity index (χ1) is 17.2. The van der Waals surface area contributed by atoms with Crippen molar-refractivity contribution in [3.8, 4) is 11.3 Å². The number of carbonyl (C=O) groups is 1. The maximum Gasteiger partial charge on any atom is 0.225 e. The molecule has 0 bridgehead atoms. The molecule has 2 fully saturated rings. The van der Waals surface area contributed by atoms with Gasteiger partial charge < -0.3 is 30.3 Å². The number of hydrogen-bond donors (Lipinski definition) is 3. The number of fused-ring (bicyclic) bond motifs is 1. The summed E-state index contributed by atoms with van der Waals surface area (Å²) in [5.74, 6) is 0.719. The second-order valence-corrected chi connectivity index (χ2v) is 8.75. The standard InChI is InChI=1S/C25H31N7O3.H2S/c33-13-5-23(34)32-11-9-31(10-12-32)19-3-1-18(2-4-19)21-15-22-24(28-7-6-27-22)25(30-21)29-17-20-16-26-8-14-35-20;/h1-4,6-7,15,20,26,33H,5,8-14,16-17H2,(H,29,30);1H2/t20-;/m0./s1. The van der Waals surface area contributed by atoms with E-state index in [0.29, 0.717) is 32.1 Å². The van der Waals surface area contributed by atoms with Crippen LogP contribution in [0, 0.1) is 0 Å². The minimum absolute atomic E-state index is 0. The van der Waals surface area contributed by atoms with Gasteiger partial charge in [-0.05, 0) is 18.2 Å². The quantitative estimate of drug-likeness (QED) is 0.431. The average Bonchev–Trinajstić information content (AvgIpc) is 2.92. The predicted octanol–water partition coefficient (Wildman–Crippen LogP) is 1.24. The number of aliphatic hydroxyl groups is 1. The molecule has 36 heavy (non-hydrogen) atoms. The zero-order chi connectivity index (χ0) is 24.0. The topological polar surface area (TPSA) is 116 Å². The summed E-state index contributed by atoms with van der Waals surface area (Å²) in [5, 5.41) is 15.8. The van der Waals surface area contributed by atoms with Gasteiger partial charge in [0.15, 0.2) is 5.82 Å². The first-order valence-corrected chi connectivity index (χ1v) is 12.1. The molecule has 3 aromatic rings. The Bertz CT molecular complexity index is 1150. The van der Waals surface area contributed by atoms with Crippen LogP contribution < -0.4 is 15.5 Å². The smallest absolute Gasteiger partial charge is 0.225 e. The number of aliphatic hydroxyl groups excluding tert-OH is 1. The fraction of sp³-hybridized carbons (Fsp3) is 0.440. The number of rotatable bonds is 7. The van der Waals surface area contributed by atoms with Crippen molar-refractivity contribution in [1.29, 1.82) is 0 Å². The zero-order valence-electron chi connectivity index (χ0n) is 20.2. The summed E-state index contributed by atoms with van der Waals surface area (Å²) in [6, 6.07) is 10.3. The van der Waals surface area contributed by atoms with E-state index in [1.165, 1.54) is 0 Å². The lowest BCUT2D eigenvalue weighted by Crippen LogP contribution is -2.48. The van der Waals surface area contributed by atoms with Crippen LogP contribution in [0.3, 0.4) is 0 Å². The molecule has 1 amide bonds. The Morgan fingerprint density at radius 2 is 1.92 bits per heavy atom. The van der Waals surface area contributed by atoms with Crippen molar-refractivity contribution < 1.29 is 14.6 Å². The summed E-state index contributed by atoms with van der Waals surface area (Å²) < 4.78 is 5.80.